The van der Waals surface area contributed by atoms with Crippen molar-refractivity contribution in [3.8, 4) is 0 Å². The van der Waals surface area contributed by atoms with Crippen LogP contribution in [0.2, 0.25) is 0 Å². The Hall–Kier alpha value is -0.580. The highest BCUT2D eigenvalue weighted by Gasteiger charge is 2.33. The molecule has 1 rings (SSSR count). The molecule has 22 heavy (non-hydrogen) atoms. The minimum Gasteiger partial charge on any atom is -0.357 e. The van der Waals surface area contributed by atoms with Crippen LogP contribution in [0, 0.1) is 0 Å². The number of aliphatic imine (C=N–C) groups is 1. The average molecular weight is 450 g/mol. The maximum absolute atomic E-state index is 12.4. The van der Waals surface area contributed by atoms with Gasteiger partial charge in [-0.3, -0.25) is 0 Å². The van der Waals surface area contributed by atoms with E-state index in [0.717, 1.165) is 42.5 Å². The first kappa shape index (κ1) is 21.4. The van der Waals surface area contributed by atoms with Crippen molar-refractivity contribution in [3.05, 3.63) is 16.1 Å². The summed E-state index contributed by atoms with van der Waals surface area (Å²) in [6.07, 6.45) is -1.08. The number of nitrogens with one attached hydrogen (secondary N) is 2. The van der Waals surface area contributed by atoms with Gasteiger partial charge in [-0.1, -0.05) is 19.8 Å². The minimum absolute atomic E-state index is 0. The van der Waals surface area contributed by atoms with Gasteiger partial charge >= 0.3 is 6.18 Å². The van der Waals surface area contributed by atoms with Crippen molar-refractivity contribution in [3.63, 3.8) is 0 Å². The van der Waals surface area contributed by atoms with E-state index in [1.54, 1.807) is 0 Å². The summed E-state index contributed by atoms with van der Waals surface area (Å²) in [4.78, 5) is 7.81. The highest BCUT2D eigenvalue weighted by atomic mass is 127. The van der Waals surface area contributed by atoms with Crippen LogP contribution in [0.1, 0.15) is 43.8 Å². The monoisotopic (exact) mass is 450 g/mol. The molecule has 1 aromatic rings. The number of halogens is 4. The summed E-state index contributed by atoms with van der Waals surface area (Å²) in [5.74, 6) is 0.609. The SMILES string of the molecule is CCCCCNC(=NCc1nc(C(F)(F)F)cs1)NCC.I. The molecule has 1 heterocycles. The summed E-state index contributed by atoms with van der Waals surface area (Å²) < 4.78 is 37.3. The smallest absolute Gasteiger partial charge is 0.357 e. The lowest BCUT2D eigenvalue weighted by Crippen LogP contribution is -2.37. The van der Waals surface area contributed by atoms with E-state index < -0.39 is 11.9 Å². The Morgan fingerprint density at radius 2 is 2.00 bits per heavy atom. The van der Waals surface area contributed by atoms with Gasteiger partial charge < -0.3 is 10.6 Å². The van der Waals surface area contributed by atoms with Crippen molar-refractivity contribution in [2.24, 2.45) is 4.99 Å². The summed E-state index contributed by atoms with van der Waals surface area (Å²) >= 11 is 0.975. The van der Waals surface area contributed by atoms with Gasteiger partial charge in [0.2, 0.25) is 0 Å². The van der Waals surface area contributed by atoms with Gasteiger partial charge in [-0.05, 0) is 13.3 Å². The zero-order valence-corrected chi connectivity index (χ0v) is 15.8. The second-order valence-corrected chi connectivity index (χ2v) is 5.40. The fraction of sp³-hybridized carbons (Fsp3) is 0.692. The molecule has 0 amide bonds. The third-order valence-electron chi connectivity index (χ3n) is 2.63. The Labute approximate surface area is 150 Å². The molecule has 0 bridgehead atoms. The van der Waals surface area contributed by atoms with Crippen molar-refractivity contribution in [2.45, 2.75) is 45.8 Å². The van der Waals surface area contributed by atoms with Gasteiger partial charge in [0.15, 0.2) is 11.7 Å². The third kappa shape index (κ3) is 8.16. The van der Waals surface area contributed by atoms with Crippen molar-refractivity contribution >= 4 is 41.3 Å². The van der Waals surface area contributed by atoms with E-state index in [1.165, 1.54) is 0 Å². The van der Waals surface area contributed by atoms with Crippen LogP contribution in [0.25, 0.3) is 0 Å². The molecule has 0 spiro atoms. The molecule has 0 saturated carbocycles. The van der Waals surface area contributed by atoms with Gasteiger partial charge in [-0.15, -0.1) is 35.3 Å². The van der Waals surface area contributed by atoms with Crippen molar-refractivity contribution in [1.29, 1.82) is 0 Å². The van der Waals surface area contributed by atoms with E-state index in [-0.39, 0.29) is 30.5 Å². The molecule has 0 aliphatic carbocycles. The highest BCUT2D eigenvalue weighted by Crippen LogP contribution is 2.30. The average Bonchev–Trinajstić information content (AvgIpc) is 2.89. The molecule has 0 atom stereocenters. The number of unbranched alkanes of at least 4 members (excludes halogenated alkanes) is 2. The van der Waals surface area contributed by atoms with Crippen molar-refractivity contribution in [2.75, 3.05) is 13.1 Å². The van der Waals surface area contributed by atoms with Crippen LogP contribution < -0.4 is 10.6 Å². The van der Waals surface area contributed by atoms with Crippen LogP contribution >= 0.6 is 35.3 Å². The van der Waals surface area contributed by atoms with Gasteiger partial charge in [-0.25, -0.2) is 9.98 Å². The number of nitrogens with zero attached hydrogens (tertiary/aromatic N) is 2. The molecule has 2 N–H and O–H groups in total. The zero-order valence-electron chi connectivity index (χ0n) is 12.7. The van der Waals surface area contributed by atoms with Crippen LogP contribution in [-0.2, 0) is 12.7 Å². The molecule has 0 unspecified atom stereocenters. The molecule has 0 aliphatic heterocycles. The second kappa shape index (κ2) is 11.0. The van der Waals surface area contributed by atoms with Crippen LogP contribution in [0.3, 0.4) is 0 Å². The second-order valence-electron chi connectivity index (χ2n) is 4.45. The predicted octanol–water partition coefficient (Wildman–Crippen LogP) is 4.03. The lowest BCUT2D eigenvalue weighted by Gasteiger charge is -2.10. The molecular formula is C13H22F3IN4S. The van der Waals surface area contributed by atoms with Crippen LogP contribution in [0.5, 0.6) is 0 Å². The topological polar surface area (TPSA) is 49.3 Å². The molecule has 0 fully saturated rings. The summed E-state index contributed by atoms with van der Waals surface area (Å²) in [5, 5.41) is 7.59. The molecule has 0 saturated heterocycles. The number of alkyl halides is 3. The first-order chi connectivity index (χ1) is 9.97. The number of rotatable bonds is 7. The molecule has 1 aromatic heterocycles. The van der Waals surface area contributed by atoms with E-state index in [4.69, 9.17) is 0 Å². The first-order valence-corrected chi connectivity index (χ1v) is 7.89. The standard InChI is InChI=1S/C13H21F3N4S.HI/c1-3-5-6-7-18-12(17-4-2)19-8-11-20-10(9-21-11)13(14,15)16;/h9H,3-8H2,1-2H3,(H2,17,18,19);1H. The van der Waals surface area contributed by atoms with Gasteiger partial charge in [-0.2, -0.15) is 13.2 Å². The molecule has 9 heteroatoms. The normalized spacial score (nSPS) is 12.0. The highest BCUT2D eigenvalue weighted by molar-refractivity contribution is 14.0. The van der Waals surface area contributed by atoms with Crippen LogP contribution in [0.15, 0.2) is 10.4 Å². The van der Waals surface area contributed by atoms with Gasteiger partial charge in [0, 0.05) is 18.5 Å². The molecule has 0 radical (unpaired) electrons. The summed E-state index contributed by atoms with van der Waals surface area (Å²) in [6, 6.07) is 0. The van der Waals surface area contributed by atoms with Crippen molar-refractivity contribution in [1.82, 2.24) is 15.6 Å². The van der Waals surface area contributed by atoms with E-state index in [1.807, 2.05) is 6.92 Å². The van der Waals surface area contributed by atoms with Gasteiger partial charge in [0.25, 0.3) is 0 Å². The Morgan fingerprint density at radius 1 is 1.27 bits per heavy atom. The van der Waals surface area contributed by atoms with Crippen LogP contribution in [-0.4, -0.2) is 24.0 Å². The maximum atomic E-state index is 12.4. The van der Waals surface area contributed by atoms with E-state index in [9.17, 15) is 13.2 Å². The Morgan fingerprint density at radius 3 is 2.55 bits per heavy atom. The predicted molar refractivity (Wildman–Crippen MR) is 94.9 cm³/mol. The number of hydrogen-bond donors (Lipinski definition) is 2. The molecular weight excluding hydrogens is 428 g/mol. The first-order valence-electron chi connectivity index (χ1n) is 7.01. The van der Waals surface area contributed by atoms with Gasteiger partial charge in [0.1, 0.15) is 5.01 Å². The Balaban J connectivity index is 0.00000441. The molecule has 0 aromatic carbocycles. The third-order valence-corrected chi connectivity index (χ3v) is 3.47. The quantitative estimate of drug-likeness (QED) is 0.286. The lowest BCUT2D eigenvalue weighted by atomic mass is 10.2. The summed E-state index contributed by atoms with van der Waals surface area (Å²) in [6.45, 7) is 5.70. The van der Waals surface area contributed by atoms with Crippen molar-refractivity contribution < 1.29 is 13.2 Å². The minimum atomic E-state index is -4.39. The summed E-state index contributed by atoms with van der Waals surface area (Å²) in [5.41, 5.74) is -0.849. The fourth-order valence-corrected chi connectivity index (χ4v) is 2.31. The number of thiazole rings is 1. The molecule has 4 nitrogen and oxygen atoms in total. The summed E-state index contributed by atoms with van der Waals surface area (Å²) in [7, 11) is 0. The van der Waals surface area contributed by atoms with E-state index in [0.29, 0.717) is 17.5 Å². The zero-order chi connectivity index (χ0) is 15.7. The molecule has 0 aliphatic rings. The van der Waals surface area contributed by atoms with E-state index >= 15 is 0 Å². The Kier molecular flexibility index (Phi) is 10.7. The van der Waals surface area contributed by atoms with E-state index in [2.05, 4.69) is 27.5 Å². The van der Waals surface area contributed by atoms with Crippen LogP contribution in [0.4, 0.5) is 13.2 Å². The lowest BCUT2D eigenvalue weighted by molar-refractivity contribution is -0.140. The largest absolute Gasteiger partial charge is 0.434 e. The number of hydrogen-bond acceptors (Lipinski definition) is 3. The number of guanidine groups is 1. The fourth-order valence-electron chi connectivity index (χ4n) is 1.58. The molecule has 128 valence electrons. The number of aromatic nitrogens is 1. The Bertz CT molecular complexity index is 449. The van der Waals surface area contributed by atoms with Gasteiger partial charge in [0.05, 0.1) is 6.54 Å². The maximum Gasteiger partial charge on any atom is 0.434 e.